The topological polar surface area (TPSA) is 27.7 Å². The molecule has 2 unspecified atom stereocenters. The third kappa shape index (κ3) is 10.2. The normalized spacial score (nSPS) is 15.6. The zero-order valence-corrected chi connectivity index (χ0v) is 10.8. The largest absolute Gasteiger partial charge is 0.376 e. The average molecular weight is 218 g/mol. The van der Waals surface area contributed by atoms with Gasteiger partial charge in [-0.1, -0.05) is 6.92 Å². The highest BCUT2D eigenvalue weighted by atomic mass is 16.6. The van der Waals surface area contributed by atoms with Crippen LogP contribution in [-0.2, 0) is 14.2 Å². The van der Waals surface area contributed by atoms with E-state index < -0.39 is 0 Å². The Kier molecular flexibility index (Phi) is 9.06. The van der Waals surface area contributed by atoms with Gasteiger partial charge in [-0.15, -0.1) is 0 Å². The summed E-state index contributed by atoms with van der Waals surface area (Å²) in [6.45, 7) is 12.3. The van der Waals surface area contributed by atoms with Gasteiger partial charge in [-0.3, -0.25) is 0 Å². The van der Waals surface area contributed by atoms with Gasteiger partial charge < -0.3 is 14.2 Å². The van der Waals surface area contributed by atoms with E-state index in [-0.39, 0.29) is 18.3 Å². The molecular formula is C12H26O3. The lowest BCUT2D eigenvalue weighted by atomic mass is 10.4. The van der Waals surface area contributed by atoms with Gasteiger partial charge in [-0.2, -0.15) is 0 Å². The van der Waals surface area contributed by atoms with Gasteiger partial charge in [-0.25, -0.2) is 0 Å². The van der Waals surface area contributed by atoms with Crippen molar-refractivity contribution in [3.63, 3.8) is 0 Å². The number of rotatable bonds is 9. The molecule has 2 atom stereocenters. The Morgan fingerprint density at radius 3 is 2.07 bits per heavy atom. The van der Waals surface area contributed by atoms with Crippen molar-refractivity contribution in [2.24, 2.45) is 0 Å². The lowest BCUT2D eigenvalue weighted by Crippen LogP contribution is -2.24. The highest BCUT2D eigenvalue weighted by molar-refractivity contribution is 4.52. The van der Waals surface area contributed by atoms with E-state index in [1.165, 1.54) is 0 Å². The minimum atomic E-state index is 0.156. The summed E-state index contributed by atoms with van der Waals surface area (Å²) in [5.41, 5.74) is 0. The molecule has 92 valence electrons. The van der Waals surface area contributed by atoms with Crippen LogP contribution < -0.4 is 0 Å². The van der Waals surface area contributed by atoms with E-state index in [0.29, 0.717) is 13.2 Å². The maximum atomic E-state index is 5.55. The van der Waals surface area contributed by atoms with Crippen molar-refractivity contribution in [2.45, 2.75) is 59.4 Å². The lowest BCUT2D eigenvalue weighted by molar-refractivity contribution is -0.0612. The molecule has 0 radical (unpaired) electrons. The second kappa shape index (κ2) is 9.13. The molecule has 0 heterocycles. The molecule has 0 aromatic carbocycles. The van der Waals surface area contributed by atoms with Gasteiger partial charge >= 0.3 is 0 Å². The van der Waals surface area contributed by atoms with Crippen LogP contribution in [0.25, 0.3) is 0 Å². The molecule has 0 rings (SSSR count). The number of hydrogen-bond donors (Lipinski definition) is 0. The van der Waals surface area contributed by atoms with Crippen molar-refractivity contribution in [3.8, 4) is 0 Å². The summed E-state index contributed by atoms with van der Waals surface area (Å²) in [6.07, 6.45) is 1.65. The molecule has 0 saturated carbocycles. The highest BCUT2D eigenvalue weighted by Crippen LogP contribution is 1.99. The fourth-order valence-corrected chi connectivity index (χ4v) is 1.27. The molecule has 0 fully saturated rings. The maximum absolute atomic E-state index is 5.55. The Bertz CT molecular complexity index is 137. The Labute approximate surface area is 94.1 Å². The van der Waals surface area contributed by atoms with Gasteiger partial charge in [0.05, 0.1) is 31.5 Å². The van der Waals surface area contributed by atoms with Crippen LogP contribution in [0, 0.1) is 0 Å². The van der Waals surface area contributed by atoms with Gasteiger partial charge in [-0.05, 0) is 34.1 Å². The molecule has 0 bridgehead atoms. The van der Waals surface area contributed by atoms with Crippen molar-refractivity contribution in [1.82, 2.24) is 0 Å². The quantitative estimate of drug-likeness (QED) is 0.595. The summed E-state index contributed by atoms with van der Waals surface area (Å²) in [5.74, 6) is 0. The SMILES string of the molecule is CCCOC(C)COCC(C)OC(C)C. The standard InChI is InChI=1S/C12H26O3/c1-6-7-14-11(4)8-13-9-12(5)15-10(2)3/h10-12H,6-9H2,1-5H3. The molecule has 0 aromatic heterocycles. The molecule has 0 spiro atoms. The predicted molar refractivity (Wildman–Crippen MR) is 62.2 cm³/mol. The van der Waals surface area contributed by atoms with Gasteiger partial charge in [0.25, 0.3) is 0 Å². The molecule has 0 saturated heterocycles. The van der Waals surface area contributed by atoms with E-state index in [0.717, 1.165) is 13.0 Å². The predicted octanol–water partition coefficient (Wildman–Crippen LogP) is 2.63. The summed E-state index contributed by atoms with van der Waals surface area (Å²) in [6, 6.07) is 0. The van der Waals surface area contributed by atoms with E-state index in [9.17, 15) is 0 Å². The second-order valence-corrected chi connectivity index (χ2v) is 4.21. The Hall–Kier alpha value is -0.120. The molecule has 0 aromatic rings. The fourth-order valence-electron chi connectivity index (χ4n) is 1.27. The van der Waals surface area contributed by atoms with Crippen LogP contribution in [-0.4, -0.2) is 38.1 Å². The third-order valence-electron chi connectivity index (χ3n) is 1.82. The Morgan fingerprint density at radius 2 is 1.53 bits per heavy atom. The zero-order valence-electron chi connectivity index (χ0n) is 10.8. The zero-order chi connectivity index (χ0) is 11.7. The van der Waals surface area contributed by atoms with Crippen LogP contribution in [0.3, 0.4) is 0 Å². The average Bonchev–Trinajstić information content (AvgIpc) is 2.13. The Morgan fingerprint density at radius 1 is 0.933 bits per heavy atom. The van der Waals surface area contributed by atoms with E-state index >= 15 is 0 Å². The first-order valence-corrected chi connectivity index (χ1v) is 5.91. The van der Waals surface area contributed by atoms with Crippen molar-refractivity contribution in [3.05, 3.63) is 0 Å². The number of ether oxygens (including phenoxy) is 3. The summed E-state index contributed by atoms with van der Waals surface area (Å²) in [7, 11) is 0. The minimum Gasteiger partial charge on any atom is -0.376 e. The Balaban J connectivity index is 3.35. The van der Waals surface area contributed by atoms with Crippen molar-refractivity contribution in [2.75, 3.05) is 19.8 Å². The summed E-state index contributed by atoms with van der Waals surface area (Å²) >= 11 is 0. The molecule has 0 N–H and O–H groups in total. The van der Waals surface area contributed by atoms with Crippen LogP contribution in [0.2, 0.25) is 0 Å². The lowest BCUT2D eigenvalue weighted by Gasteiger charge is -2.18. The molecule has 3 heteroatoms. The van der Waals surface area contributed by atoms with Gasteiger partial charge in [0, 0.05) is 6.61 Å². The smallest absolute Gasteiger partial charge is 0.0783 e. The highest BCUT2D eigenvalue weighted by Gasteiger charge is 2.06. The first kappa shape index (κ1) is 14.9. The van der Waals surface area contributed by atoms with Gasteiger partial charge in [0.2, 0.25) is 0 Å². The van der Waals surface area contributed by atoms with Crippen LogP contribution in [0.1, 0.15) is 41.0 Å². The van der Waals surface area contributed by atoms with Crippen molar-refractivity contribution in [1.29, 1.82) is 0 Å². The first-order valence-electron chi connectivity index (χ1n) is 5.91. The first-order chi connectivity index (χ1) is 7.06. The van der Waals surface area contributed by atoms with Crippen LogP contribution >= 0.6 is 0 Å². The molecule has 0 aliphatic heterocycles. The monoisotopic (exact) mass is 218 g/mol. The van der Waals surface area contributed by atoms with Crippen LogP contribution in [0.15, 0.2) is 0 Å². The van der Waals surface area contributed by atoms with E-state index in [1.54, 1.807) is 0 Å². The molecule has 15 heavy (non-hydrogen) atoms. The van der Waals surface area contributed by atoms with Crippen molar-refractivity contribution < 1.29 is 14.2 Å². The van der Waals surface area contributed by atoms with E-state index in [1.807, 2.05) is 27.7 Å². The van der Waals surface area contributed by atoms with Gasteiger partial charge in [0.15, 0.2) is 0 Å². The summed E-state index contributed by atoms with van der Waals surface area (Å²) in [5, 5.41) is 0. The molecule has 0 aliphatic carbocycles. The van der Waals surface area contributed by atoms with Crippen LogP contribution in [0.5, 0.6) is 0 Å². The second-order valence-electron chi connectivity index (χ2n) is 4.21. The van der Waals surface area contributed by atoms with Crippen molar-refractivity contribution >= 4 is 0 Å². The van der Waals surface area contributed by atoms with Gasteiger partial charge in [0.1, 0.15) is 0 Å². The third-order valence-corrected chi connectivity index (χ3v) is 1.82. The van der Waals surface area contributed by atoms with Crippen LogP contribution in [0.4, 0.5) is 0 Å². The molecule has 0 aliphatic rings. The molecular weight excluding hydrogens is 192 g/mol. The van der Waals surface area contributed by atoms with E-state index in [4.69, 9.17) is 14.2 Å². The van der Waals surface area contributed by atoms with E-state index in [2.05, 4.69) is 6.92 Å². The maximum Gasteiger partial charge on any atom is 0.0783 e. The summed E-state index contributed by atoms with van der Waals surface area (Å²) in [4.78, 5) is 0. The number of hydrogen-bond acceptors (Lipinski definition) is 3. The molecule has 0 amide bonds. The minimum absolute atomic E-state index is 0.156. The summed E-state index contributed by atoms with van der Waals surface area (Å²) < 4.78 is 16.5. The molecule has 3 nitrogen and oxygen atoms in total. The fraction of sp³-hybridized carbons (Fsp3) is 1.00.